The fourth-order valence-corrected chi connectivity index (χ4v) is 3.61. The Morgan fingerprint density at radius 2 is 1.72 bits per heavy atom. The Hall–Kier alpha value is -2.57. The van der Waals surface area contributed by atoms with Crippen molar-refractivity contribution in [2.45, 2.75) is 13.0 Å². The summed E-state index contributed by atoms with van der Waals surface area (Å²) < 4.78 is 0. The third-order valence-corrected chi connectivity index (χ3v) is 5.15. The zero-order chi connectivity index (χ0) is 20.6. The minimum Gasteiger partial charge on any atom is -0.340 e. The van der Waals surface area contributed by atoms with Crippen LogP contribution < -0.4 is 5.32 Å². The fraction of sp³-hybridized carbons (Fsp3) is 0.364. The molecule has 6 nitrogen and oxygen atoms in total. The predicted molar refractivity (Wildman–Crippen MR) is 116 cm³/mol. The summed E-state index contributed by atoms with van der Waals surface area (Å²) in [5, 5.41) is 3.45. The van der Waals surface area contributed by atoms with E-state index in [0.29, 0.717) is 43.4 Å². The third-order valence-electron chi connectivity index (χ3n) is 4.91. The second-order valence-corrected chi connectivity index (χ2v) is 7.76. The molecule has 154 valence electrons. The highest BCUT2D eigenvalue weighted by molar-refractivity contribution is 6.30. The molecular weight excluding hydrogens is 388 g/mol. The van der Waals surface area contributed by atoms with Crippen molar-refractivity contribution in [3.63, 3.8) is 0 Å². The van der Waals surface area contributed by atoms with Gasteiger partial charge in [0.1, 0.15) is 0 Å². The number of amides is 3. The first-order valence-electron chi connectivity index (χ1n) is 9.83. The van der Waals surface area contributed by atoms with Gasteiger partial charge in [0.05, 0.1) is 6.54 Å². The van der Waals surface area contributed by atoms with Gasteiger partial charge in [0.2, 0.25) is 5.91 Å². The summed E-state index contributed by atoms with van der Waals surface area (Å²) in [7, 11) is 1.95. The fourth-order valence-electron chi connectivity index (χ4n) is 3.42. The van der Waals surface area contributed by atoms with Crippen molar-refractivity contribution in [2.24, 2.45) is 0 Å². The number of carbonyl (C=O) groups is 2. The van der Waals surface area contributed by atoms with Crippen LogP contribution in [-0.4, -0.2) is 66.4 Å². The first-order chi connectivity index (χ1) is 14.0. The first kappa shape index (κ1) is 21.1. The van der Waals surface area contributed by atoms with Crippen molar-refractivity contribution in [2.75, 3.05) is 45.1 Å². The lowest BCUT2D eigenvalue weighted by Gasteiger charge is -2.25. The van der Waals surface area contributed by atoms with Gasteiger partial charge in [-0.1, -0.05) is 48.0 Å². The van der Waals surface area contributed by atoms with Gasteiger partial charge >= 0.3 is 6.03 Å². The zero-order valence-corrected chi connectivity index (χ0v) is 17.4. The van der Waals surface area contributed by atoms with Crippen molar-refractivity contribution in [1.29, 1.82) is 0 Å². The van der Waals surface area contributed by atoms with Gasteiger partial charge in [-0.3, -0.25) is 9.69 Å². The van der Waals surface area contributed by atoms with E-state index >= 15 is 0 Å². The van der Waals surface area contributed by atoms with Gasteiger partial charge in [-0.15, -0.1) is 0 Å². The molecule has 0 spiro atoms. The molecule has 1 saturated heterocycles. The molecule has 7 heteroatoms. The van der Waals surface area contributed by atoms with E-state index in [-0.39, 0.29) is 11.9 Å². The van der Waals surface area contributed by atoms with E-state index in [1.807, 2.05) is 35.0 Å². The molecule has 0 bridgehead atoms. The number of rotatable bonds is 5. The smallest absolute Gasteiger partial charge is 0.321 e. The molecule has 1 N–H and O–H groups in total. The molecule has 1 aliphatic rings. The van der Waals surface area contributed by atoms with Crippen molar-refractivity contribution >= 4 is 29.2 Å². The second kappa shape index (κ2) is 10.3. The van der Waals surface area contributed by atoms with Crippen molar-refractivity contribution < 1.29 is 9.59 Å². The molecule has 2 aromatic carbocycles. The lowest BCUT2D eigenvalue weighted by Crippen LogP contribution is -2.42. The van der Waals surface area contributed by atoms with Gasteiger partial charge < -0.3 is 15.1 Å². The molecule has 29 heavy (non-hydrogen) atoms. The average molecular weight is 415 g/mol. The number of hydrogen-bond acceptors (Lipinski definition) is 3. The summed E-state index contributed by atoms with van der Waals surface area (Å²) in [5.74, 6) is 0.0977. The summed E-state index contributed by atoms with van der Waals surface area (Å²) in [4.78, 5) is 30.9. The van der Waals surface area contributed by atoms with E-state index in [1.165, 1.54) is 5.56 Å². The largest absolute Gasteiger partial charge is 0.340 e. The molecule has 3 rings (SSSR count). The molecule has 3 amide bonds. The quantitative estimate of drug-likeness (QED) is 0.814. The second-order valence-electron chi connectivity index (χ2n) is 7.32. The Labute approximate surface area is 177 Å². The van der Waals surface area contributed by atoms with E-state index in [0.717, 1.165) is 13.0 Å². The number of anilines is 1. The maximum Gasteiger partial charge on any atom is 0.321 e. The molecular formula is C22H27ClN4O2. The number of urea groups is 1. The highest BCUT2D eigenvalue weighted by Crippen LogP contribution is 2.16. The van der Waals surface area contributed by atoms with Crippen LogP contribution >= 0.6 is 11.6 Å². The topological polar surface area (TPSA) is 55.9 Å². The van der Waals surface area contributed by atoms with E-state index in [4.69, 9.17) is 11.6 Å². The Balaban J connectivity index is 1.48. The summed E-state index contributed by atoms with van der Waals surface area (Å²) in [6.07, 6.45) is 0.761. The first-order valence-corrected chi connectivity index (χ1v) is 10.2. The van der Waals surface area contributed by atoms with Crippen molar-refractivity contribution in [1.82, 2.24) is 14.7 Å². The molecule has 1 aliphatic heterocycles. The van der Waals surface area contributed by atoms with Crippen LogP contribution in [0, 0.1) is 0 Å². The standard InChI is InChI=1S/C22H27ClN4O2/c1-25(16-18-7-3-2-4-8-18)17-21(28)26-11-6-12-27(14-13-26)22(29)24-20-10-5-9-19(23)15-20/h2-5,7-10,15H,6,11-14,16-17H2,1H3,(H,24,29). The molecule has 0 unspecified atom stereocenters. The third kappa shape index (κ3) is 6.48. The van der Waals surface area contributed by atoms with Crippen molar-refractivity contribution in [3.8, 4) is 0 Å². The van der Waals surface area contributed by atoms with Crippen LogP contribution in [0.15, 0.2) is 54.6 Å². The molecule has 0 atom stereocenters. The monoisotopic (exact) mass is 414 g/mol. The van der Waals surface area contributed by atoms with Gasteiger partial charge in [-0.2, -0.15) is 0 Å². The lowest BCUT2D eigenvalue weighted by molar-refractivity contribution is -0.132. The number of benzene rings is 2. The summed E-state index contributed by atoms with van der Waals surface area (Å²) in [6, 6.07) is 17.0. The normalized spacial score (nSPS) is 14.6. The van der Waals surface area contributed by atoms with Crippen LogP contribution in [0.3, 0.4) is 0 Å². The zero-order valence-electron chi connectivity index (χ0n) is 16.7. The minimum absolute atomic E-state index is 0.0977. The number of likely N-dealkylation sites (N-methyl/N-ethyl adjacent to an activating group) is 1. The maximum atomic E-state index is 12.7. The molecule has 2 aromatic rings. The van der Waals surface area contributed by atoms with Gasteiger partial charge in [0.25, 0.3) is 0 Å². The van der Waals surface area contributed by atoms with E-state index in [9.17, 15) is 9.59 Å². The van der Waals surface area contributed by atoms with Gasteiger partial charge in [-0.25, -0.2) is 4.79 Å². The molecule has 0 radical (unpaired) electrons. The van der Waals surface area contributed by atoms with Crippen LogP contribution in [0.4, 0.5) is 10.5 Å². The number of hydrogen-bond donors (Lipinski definition) is 1. The van der Waals surface area contributed by atoms with E-state index in [1.54, 1.807) is 29.2 Å². The van der Waals surface area contributed by atoms with Crippen LogP contribution in [0.25, 0.3) is 0 Å². The van der Waals surface area contributed by atoms with E-state index < -0.39 is 0 Å². The number of halogens is 1. The Bertz CT molecular complexity index is 831. The Morgan fingerprint density at radius 3 is 2.48 bits per heavy atom. The van der Waals surface area contributed by atoms with Gasteiger partial charge in [-0.05, 0) is 37.2 Å². The molecule has 0 aliphatic carbocycles. The van der Waals surface area contributed by atoms with Crippen molar-refractivity contribution in [3.05, 3.63) is 65.2 Å². The predicted octanol–water partition coefficient (Wildman–Crippen LogP) is 3.54. The Kier molecular flexibility index (Phi) is 7.49. The molecule has 1 heterocycles. The summed E-state index contributed by atoms with van der Waals surface area (Å²) >= 11 is 5.97. The number of nitrogens with one attached hydrogen (secondary N) is 1. The summed E-state index contributed by atoms with van der Waals surface area (Å²) in [6.45, 7) is 3.44. The number of nitrogens with zero attached hydrogens (tertiary/aromatic N) is 3. The van der Waals surface area contributed by atoms with Gasteiger partial charge in [0, 0.05) is 43.4 Å². The Morgan fingerprint density at radius 1 is 1.00 bits per heavy atom. The van der Waals surface area contributed by atoms with Crippen LogP contribution in [0.5, 0.6) is 0 Å². The lowest BCUT2D eigenvalue weighted by atomic mass is 10.2. The minimum atomic E-state index is -0.164. The highest BCUT2D eigenvalue weighted by Gasteiger charge is 2.22. The van der Waals surface area contributed by atoms with Crippen LogP contribution in [-0.2, 0) is 11.3 Å². The van der Waals surface area contributed by atoms with Gasteiger partial charge in [0.15, 0.2) is 0 Å². The van der Waals surface area contributed by atoms with E-state index in [2.05, 4.69) is 17.4 Å². The van der Waals surface area contributed by atoms with Crippen LogP contribution in [0.1, 0.15) is 12.0 Å². The highest BCUT2D eigenvalue weighted by atomic mass is 35.5. The SMILES string of the molecule is CN(CC(=O)N1CCCN(C(=O)Nc2cccc(Cl)c2)CC1)Cc1ccccc1. The summed E-state index contributed by atoms with van der Waals surface area (Å²) in [5.41, 5.74) is 1.85. The molecule has 0 aromatic heterocycles. The molecule has 1 fully saturated rings. The van der Waals surface area contributed by atoms with Crippen LogP contribution in [0.2, 0.25) is 5.02 Å². The maximum absolute atomic E-state index is 12.7. The molecule has 0 saturated carbocycles. The number of carbonyl (C=O) groups excluding carboxylic acids is 2. The average Bonchev–Trinajstić information content (AvgIpc) is 2.95.